The van der Waals surface area contributed by atoms with Crippen LogP contribution < -0.4 is 10.1 Å². The maximum atomic E-state index is 13.4. The van der Waals surface area contributed by atoms with E-state index in [-0.39, 0.29) is 18.3 Å². The zero-order valence-corrected chi connectivity index (χ0v) is 14.9. The van der Waals surface area contributed by atoms with Crippen molar-refractivity contribution in [3.8, 4) is 11.4 Å². The van der Waals surface area contributed by atoms with Crippen molar-refractivity contribution in [1.82, 2.24) is 25.5 Å². The summed E-state index contributed by atoms with van der Waals surface area (Å²) in [6.07, 6.45) is 2.05. The third-order valence-corrected chi connectivity index (χ3v) is 3.88. The number of nitrogens with zero attached hydrogens (tertiary/aromatic N) is 4. The number of amides is 1. The second kappa shape index (κ2) is 8.88. The van der Waals surface area contributed by atoms with Crippen LogP contribution in [0.15, 0.2) is 48.5 Å². The zero-order chi connectivity index (χ0) is 19.1. The SMILES string of the molecule is CCCCOc1ccc(C(=O)NCc2nnnn2-c2cccc(F)c2)cc1. The fraction of sp³-hybridized carbons (Fsp3) is 0.263. The second-order valence-electron chi connectivity index (χ2n) is 5.90. The van der Waals surface area contributed by atoms with Gasteiger partial charge in [-0.1, -0.05) is 19.4 Å². The summed E-state index contributed by atoms with van der Waals surface area (Å²) in [7, 11) is 0. The van der Waals surface area contributed by atoms with E-state index in [1.807, 2.05) is 0 Å². The lowest BCUT2D eigenvalue weighted by atomic mass is 10.2. The molecule has 27 heavy (non-hydrogen) atoms. The maximum absolute atomic E-state index is 13.4. The lowest BCUT2D eigenvalue weighted by molar-refractivity contribution is 0.0949. The number of carbonyl (C=O) groups is 1. The van der Waals surface area contributed by atoms with Crippen molar-refractivity contribution in [2.45, 2.75) is 26.3 Å². The standard InChI is InChI=1S/C19H20FN5O2/c1-2-3-11-27-17-9-7-14(8-10-17)19(26)21-13-18-22-23-24-25(18)16-6-4-5-15(20)12-16/h4-10,12H,2-3,11,13H2,1H3,(H,21,26). The molecule has 1 aromatic heterocycles. The molecular formula is C19H20FN5O2. The fourth-order valence-corrected chi connectivity index (χ4v) is 2.42. The third-order valence-electron chi connectivity index (χ3n) is 3.88. The number of unbranched alkanes of at least 4 members (excludes halogenated alkanes) is 1. The van der Waals surface area contributed by atoms with E-state index in [1.54, 1.807) is 36.4 Å². The lowest BCUT2D eigenvalue weighted by Gasteiger charge is -2.08. The number of nitrogens with one attached hydrogen (secondary N) is 1. The molecule has 3 rings (SSSR count). The molecular weight excluding hydrogens is 349 g/mol. The van der Waals surface area contributed by atoms with Crippen LogP contribution in [0, 0.1) is 5.82 Å². The number of ether oxygens (including phenoxy) is 1. The minimum Gasteiger partial charge on any atom is -0.494 e. The molecule has 1 N–H and O–H groups in total. The first-order valence-corrected chi connectivity index (χ1v) is 8.71. The summed E-state index contributed by atoms with van der Waals surface area (Å²) < 4.78 is 20.4. The summed E-state index contributed by atoms with van der Waals surface area (Å²) in [5.74, 6) is 0.478. The van der Waals surface area contributed by atoms with E-state index >= 15 is 0 Å². The summed E-state index contributed by atoms with van der Waals surface area (Å²) in [4.78, 5) is 12.3. The molecule has 1 amide bonds. The van der Waals surface area contributed by atoms with Gasteiger partial charge in [0.15, 0.2) is 5.82 Å². The van der Waals surface area contributed by atoms with Crippen molar-refractivity contribution in [2.24, 2.45) is 0 Å². The van der Waals surface area contributed by atoms with Crippen LogP contribution in [-0.2, 0) is 6.54 Å². The molecule has 1 heterocycles. The third kappa shape index (κ3) is 4.87. The van der Waals surface area contributed by atoms with Gasteiger partial charge in [0.05, 0.1) is 18.8 Å². The van der Waals surface area contributed by atoms with Gasteiger partial charge in [-0.3, -0.25) is 4.79 Å². The van der Waals surface area contributed by atoms with Crippen LogP contribution in [0.2, 0.25) is 0 Å². The number of aromatic nitrogens is 4. The summed E-state index contributed by atoms with van der Waals surface area (Å²) in [6, 6.07) is 12.8. The predicted molar refractivity (Wildman–Crippen MR) is 97.1 cm³/mol. The molecule has 8 heteroatoms. The average Bonchev–Trinajstić information content (AvgIpc) is 3.15. The van der Waals surface area contributed by atoms with Crippen molar-refractivity contribution in [3.63, 3.8) is 0 Å². The van der Waals surface area contributed by atoms with Crippen molar-refractivity contribution in [1.29, 1.82) is 0 Å². The van der Waals surface area contributed by atoms with E-state index in [4.69, 9.17) is 4.74 Å². The number of tetrazole rings is 1. The number of hydrogen-bond donors (Lipinski definition) is 1. The first-order chi connectivity index (χ1) is 13.2. The molecule has 2 aromatic carbocycles. The Morgan fingerprint density at radius 3 is 2.78 bits per heavy atom. The van der Waals surface area contributed by atoms with E-state index in [1.165, 1.54) is 16.8 Å². The number of hydrogen-bond acceptors (Lipinski definition) is 5. The molecule has 0 atom stereocenters. The molecule has 140 valence electrons. The number of carbonyl (C=O) groups excluding carboxylic acids is 1. The zero-order valence-electron chi connectivity index (χ0n) is 14.9. The Kier molecular flexibility index (Phi) is 6.09. The van der Waals surface area contributed by atoms with E-state index in [0.717, 1.165) is 18.6 Å². The number of halogens is 1. The first-order valence-electron chi connectivity index (χ1n) is 8.71. The number of rotatable bonds is 8. The van der Waals surface area contributed by atoms with Gasteiger partial charge < -0.3 is 10.1 Å². The Balaban J connectivity index is 1.61. The molecule has 0 aliphatic rings. The highest BCUT2D eigenvalue weighted by molar-refractivity contribution is 5.94. The average molecular weight is 369 g/mol. The van der Waals surface area contributed by atoms with Crippen LogP contribution in [-0.4, -0.2) is 32.7 Å². The van der Waals surface area contributed by atoms with Gasteiger partial charge in [0.2, 0.25) is 0 Å². The first kappa shape index (κ1) is 18.5. The predicted octanol–water partition coefficient (Wildman–Crippen LogP) is 2.91. The van der Waals surface area contributed by atoms with Crippen LogP contribution in [0.1, 0.15) is 35.9 Å². The van der Waals surface area contributed by atoms with Crippen molar-refractivity contribution in [2.75, 3.05) is 6.61 Å². The second-order valence-corrected chi connectivity index (χ2v) is 5.90. The molecule has 0 aliphatic heterocycles. The Labute approximate surface area is 156 Å². The molecule has 0 fully saturated rings. The van der Waals surface area contributed by atoms with Gasteiger partial charge in [-0.2, -0.15) is 4.68 Å². The summed E-state index contributed by atoms with van der Waals surface area (Å²) in [5.41, 5.74) is 0.987. The van der Waals surface area contributed by atoms with Crippen molar-refractivity contribution in [3.05, 3.63) is 65.7 Å². The van der Waals surface area contributed by atoms with Crippen LogP contribution in [0.4, 0.5) is 4.39 Å². The van der Waals surface area contributed by atoms with Gasteiger partial charge in [-0.15, -0.1) is 5.10 Å². The molecule has 0 radical (unpaired) electrons. The number of benzene rings is 2. The van der Waals surface area contributed by atoms with Crippen LogP contribution in [0.5, 0.6) is 5.75 Å². The van der Waals surface area contributed by atoms with Crippen molar-refractivity contribution >= 4 is 5.91 Å². The molecule has 7 nitrogen and oxygen atoms in total. The van der Waals surface area contributed by atoms with Gasteiger partial charge in [0.1, 0.15) is 11.6 Å². The minimum absolute atomic E-state index is 0.108. The normalized spacial score (nSPS) is 10.6. The van der Waals surface area contributed by atoms with E-state index in [9.17, 15) is 9.18 Å². The molecule has 0 saturated carbocycles. The van der Waals surface area contributed by atoms with Gasteiger partial charge in [0.25, 0.3) is 5.91 Å². The highest BCUT2D eigenvalue weighted by Gasteiger charge is 2.11. The largest absolute Gasteiger partial charge is 0.494 e. The Morgan fingerprint density at radius 1 is 1.22 bits per heavy atom. The van der Waals surface area contributed by atoms with Crippen molar-refractivity contribution < 1.29 is 13.9 Å². The highest BCUT2D eigenvalue weighted by Crippen LogP contribution is 2.13. The monoisotopic (exact) mass is 369 g/mol. The van der Waals surface area contributed by atoms with Crippen LogP contribution >= 0.6 is 0 Å². The Hall–Kier alpha value is -3.29. The summed E-state index contributed by atoms with van der Waals surface area (Å²) in [5, 5.41) is 14.1. The van der Waals surface area contributed by atoms with Gasteiger partial charge >= 0.3 is 0 Å². The van der Waals surface area contributed by atoms with E-state index in [2.05, 4.69) is 27.8 Å². The molecule has 0 spiro atoms. The Bertz CT molecular complexity index is 895. The molecule has 0 unspecified atom stereocenters. The summed E-state index contributed by atoms with van der Waals surface area (Å²) in [6.45, 7) is 2.86. The maximum Gasteiger partial charge on any atom is 0.251 e. The molecule has 0 aliphatic carbocycles. The minimum atomic E-state index is -0.390. The topological polar surface area (TPSA) is 81.9 Å². The Morgan fingerprint density at radius 2 is 2.04 bits per heavy atom. The lowest BCUT2D eigenvalue weighted by Crippen LogP contribution is -2.24. The smallest absolute Gasteiger partial charge is 0.251 e. The summed E-state index contributed by atoms with van der Waals surface area (Å²) >= 11 is 0. The van der Waals surface area contributed by atoms with E-state index < -0.39 is 0 Å². The van der Waals surface area contributed by atoms with E-state index in [0.29, 0.717) is 23.7 Å². The van der Waals surface area contributed by atoms with Gasteiger partial charge in [0, 0.05) is 5.56 Å². The molecule has 0 bridgehead atoms. The highest BCUT2D eigenvalue weighted by atomic mass is 19.1. The molecule has 3 aromatic rings. The van der Waals surface area contributed by atoms with Gasteiger partial charge in [-0.05, 0) is 59.3 Å². The van der Waals surface area contributed by atoms with Gasteiger partial charge in [-0.25, -0.2) is 4.39 Å². The van der Waals surface area contributed by atoms with Crippen LogP contribution in [0.3, 0.4) is 0 Å². The molecule has 0 saturated heterocycles. The fourth-order valence-electron chi connectivity index (χ4n) is 2.42. The quantitative estimate of drug-likeness (QED) is 0.618. The van der Waals surface area contributed by atoms with Crippen LogP contribution in [0.25, 0.3) is 5.69 Å².